The van der Waals surface area contributed by atoms with E-state index in [0.29, 0.717) is 18.5 Å². The molecule has 1 heterocycles. The Balaban J connectivity index is 1.65. The molecule has 0 fully saturated rings. The summed E-state index contributed by atoms with van der Waals surface area (Å²) in [6.45, 7) is 2.54. The maximum atomic E-state index is 13.0. The number of hydrogen-bond acceptors (Lipinski definition) is 3. The summed E-state index contributed by atoms with van der Waals surface area (Å²) in [4.78, 5) is 14.6. The number of aromatic amines is 1. The highest BCUT2D eigenvalue weighted by atomic mass is 16.3. The first kappa shape index (κ1) is 18.7. The molecule has 0 aliphatic rings. The van der Waals surface area contributed by atoms with E-state index in [9.17, 15) is 9.90 Å². The van der Waals surface area contributed by atoms with Crippen LogP contribution in [0.3, 0.4) is 0 Å². The molecular weight excluding hydrogens is 362 g/mol. The summed E-state index contributed by atoms with van der Waals surface area (Å²) in [6, 6.07) is 21.3. The fourth-order valence-electron chi connectivity index (χ4n) is 3.54. The van der Waals surface area contributed by atoms with E-state index < -0.39 is 0 Å². The summed E-state index contributed by atoms with van der Waals surface area (Å²) in [5, 5.41) is 18.7. The maximum absolute atomic E-state index is 13.0. The minimum Gasteiger partial charge on any atom is -0.507 e. The minimum atomic E-state index is -0.226. The molecule has 29 heavy (non-hydrogen) atoms. The first-order chi connectivity index (χ1) is 14.0. The van der Waals surface area contributed by atoms with Crippen LogP contribution in [-0.4, -0.2) is 33.2 Å². The van der Waals surface area contributed by atoms with E-state index in [4.69, 9.17) is 0 Å². The Hall–Kier alpha value is -3.60. The molecule has 5 heteroatoms. The van der Waals surface area contributed by atoms with Crippen LogP contribution < -0.4 is 0 Å². The number of nitrogens with one attached hydrogen (secondary N) is 1. The number of phenols is 1. The molecule has 1 amide bonds. The van der Waals surface area contributed by atoms with Crippen molar-refractivity contribution in [1.29, 1.82) is 0 Å². The zero-order chi connectivity index (χ0) is 20.4. The van der Waals surface area contributed by atoms with E-state index in [1.165, 1.54) is 11.1 Å². The molecule has 0 atom stereocenters. The number of amides is 1. The Morgan fingerprint density at radius 2 is 1.79 bits per heavy atom. The van der Waals surface area contributed by atoms with Crippen molar-refractivity contribution in [2.75, 3.05) is 7.05 Å². The van der Waals surface area contributed by atoms with E-state index in [-0.39, 0.29) is 17.2 Å². The molecule has 0 aliphatic heterocycles. The van der Waals surface area contributed by atoms with Crippen LogP contribution in [0, 0.1) is 6.92 Å². The summed E-state index contributed by atoms with van der Waals surface area (Å²) in [7, 11) is 1.74. The topological polar surface area (TPSA) is 69.2 Å². The summed E-state index contributed by atoms with van der Waals surface area (Å²) in [6.07, 6.45) is 0.658. The summed E-state index contributed by atoms with van der Waals surface area (Å²) < 4.78 is 0. The highest BCUT2D eigenvalue weighted by molar-refractivity contribution is 6.01. The van der Waals surface area contributed by atoms with Crippen molar-refractivity contribution in [3.8, 4) is 5.75 Å². The number of aryl methyl sites for hydroxylation is 1. The molecule has 2 N–H and O–H groups in total. The van der Waals surface area contributed by atoms with Gasteiger partial charge in [0, 0.05) is 31.5 Å². The Kier molecular flexibility index (Phi) is 5.04. The first-order valence-corrected chi connectivity index (χ1v) is 9.57. The van der Waals surface area contributed by atoms with Gasteiger partial charge < -0.3 is 10.0 Å². The standard InChI is InChI=1S/C24H23N3O2/c1-16-8-6-7-11-18(16)12-21-19-13-20(23(28)14-22(19)26-25-21)24(29)27(2)15-17-9-4-3-5-10-17/h3-11,13-14,28H,12,15H2,1-2H3,(H,25,26). The molecule has 0 saturated carbocycles. The number of hydrogen-bond donors (Lipinski definition) is 2. The van der Waals surface area contributed by atoms with Gasteiger partial charge in [0.2, 0.25) is 0 Å². The number of carbonyl (C=O) groups excluding carboxylic acids is 1. The lowest BCUT2D eigenvalue weighted by atomic mass is 10.0. The van der Waals surface area contributed by atoms with Crippen LogP contribution in [0.4, 0.5) is 0 Å². The monoisotopic (exact) mass is 385 g/mol. The molecule has 0 unspecified atom stereocenters. The van der Waals surface area contributed by atoms with Gasteiger partial charge in [-0.3, -0.25) is 9.89 Å². The molecule has 0 aliphatic carbocycles. The van der Waals surface area contributed by atoms with Gasteiger partial charge in [0.25, 0.3) is 5.91 Å². The van der Waals surface area contributed by atoms with Gasteiger partial charge in [-0.15, -0.1) is 0 Å². The third-order valence-electron chi connectivity index (χ3n) is 5.22. The van der Waals surface area contributed by atoms with E-state index >= 15 is 0 Å². The number of nitrogens with zero attached hydrogens (tertiary/aromatic N) is 2. The average molecular weight is 385 g/mol. The molecule has 0 radical (unpaired) electrons. The normalized spacial score (nSPS) is 11.0. The fourth-order valence-corrected chi connectivity index (χ4v) is 3.54. The summed E-state index contributed by atoms with van der Waals surface area (Å²) in [5.41, 5.74) is 5.27. The van der Waals surface area contributed by atoms with Gasteiger partial charge >= 0.3 is 0 Å². The van der Waals surface area contributed by atoms with E-state index in [1.807, 2.05) is 42.5 Å². The van der Waals surface area contributed by atoms with Crippen LogP contribution in [0.15, 0.2) is 66.7 Å². The third-order valence-corrected chi connectivity index (χ3v) is 5.22. The Morgan fingerprint density at radius 3 is 2.55 bits per heavy atom. The van der Waals surface area contributed by atoms with Crippen molar-refractivity contribution in [2.45, 2.75) is 19.9 Å². The molecule has 0 bridgehead atoms. The zero-order valence-electron chi connectivity index (χ0n) is 16.5. The largest absolute Gasteiger partial charge is 0.507 e. The molecule has 4 rings (SSSR count). The second kappa shape index (κ2) is 7.80. The number of phenolic OH excluding ortho intramolecular Hbond substituents is 1. The molecule has 146 valence electrons. The molecule has 0 saturated heterocycles. The van der Waals surface area contributed by atoms with Crippen molar-refractivity contribution < 1.29 is 9.90 Å². The predicted octanol–water partition coefficient (Wildman–Crippen LogP) is 4.44. The Morgan fingerprint density at radius 1 is 1.07 bits per heavy atom. The first-order valence-electron chi connectivity index (χ1n) is 9.57. The number of aromatic hydroxyl groups is 1. The molecule has 0 spiro atoms. The van der Waals surface area contributed by atoms with E-state index in [1.54, 1.807) is 24.1 Å². The van der Waals surface area contributed by atoms with Crippen molar-refractivity contribution in [3.05, 3.63) is 94.7 Å². The smallest absolute Gasteiger partial charge is 0.257 e. The van der Waals surface area contributed by atoms with E-state index in [2.05, 4.69) is 29.3 Å². The number of H-pyrrole nitrogens is 1. The zero-order valence-corrected chi connectivity index (χ0v) is 16.5. The van der Waals surface area contributed by atoms with Gasteiger partial charge in [-0.05, 0) is 29.7 Å². The maximum Gasteiger partial charge on any atom is 0.257 e. The Bertz CT molecular complexity index is 1170. The number of rotatable bonds is 5. The van der Waals surface area contributed by atoms with Crippen molar-refractivity contribution in [1.82, 2.24) is 15.1 Å². The second-order valence-electron chi connectivity index (χ2n) is 7.34. The van der Waals surface area contributed by atoms with Crippen LogP contribution in [-0.2, 0) is 13.0 Å². The SMILES string of the molecule is Cc1ccccc1Cc1n[nH]c2cc(O)c(C(=O)N(C)Cc3ccccc3)cc12. The number of benzene rings is 3. The van der Waals surface area contributed by atoms with Crippen molar-refractivity contribution in [3.63, 3.8) is 0 Å². The van der Waals surface area contributed by atoms with Gasteiger partial charge in [-0.25, -0.2) is 0 Å². The lowest BCUT2D eigenvalue weighted by molar-refractivity contribution is 0.0782. The average Bonchev–Trinajstić information content (AvgIpc) is 3.10. The lowest BCUT2D eigenvalue weighted by Crippen LogP contribution is -2.26. The number of fused-ring (bicyclic) bond motifs is 1. The fraction of sp³-hybridized carbons (Fsp3) is 0.167. The van der Waals surface area contributed by atoms with Gasteiger partial charge in [0.1, 0.15) is 5.75 Å². The third kappa shape index (κ3) is 3.85. The van der Waals surface area contributed by atoms with Gasteiger partial charge in [0.05, 0.1) is 16.8 Å². The molecule has 3 aromatic carbocycles. The van der Waals surface area contributed by atoms with Crippen LogP contribution >= 0.6 is 0 Å². The predicted molar refractivity (Wildman–Crippen MR) is 114 cm³/mol. The second-order valence-corrected chi connectivity index (χ2v) is 7.34. The lowest BCUT2D eigenvalue weighted by Gasteiger charge is -2.18. The molecular formula is C24H23N3O2. The van der Waals surface area contributed by atoms with E-state index in [0.717, 1.165) is 16.6 Å². The van der Waals surface area contributed by atoms with Gasteiger partial charge in [-0.2, -0.15) is 5.10 Å². The quantitative estimate of drug-likeness (QED) is 0.534. The van der Waals surface area contributed by atoms with Crippen molar-refractivity contribution >= 4 is 16.8 Å². The Labute approximate surface area is 169 Å². The van der Waals surface area contributed by atoms with Gasteiger partial charge in [-0.1, -0.05) is 54.6 Å². The minimum absolute atomic E-state index is 0.0477. The van der Waals surface area contributed by atoms with Crippen LogP contribution in [0.1, 0.15) is 32.7 Å². The van der Waals surface area contributed by atoms with Crippen LogP contribution in [0.25, 0.3) is 10.9 Å². The molecule has 4 aromatic rings. The van der Waals surface area contributed by atoms with Gasteiger partial charge in [0.15, 0.2) is 0 Å². The summed E-state index contributed by atoms with van der Waals surface area (Å²) in [5.74, 6) is -0.273. The highest BCUT2D eigenvalue weighted by Gasteiger charge is 2.19. The molecule has 1 aromatic heterocycles. The van der Waals surface area contributed by atoms with Crippen molar-refractivity contribution in [2.24, 2.45) is 0 Å². The van der Waals surface area contributed by atoms with Crippen LogP contribution in [0.2, 0.25) is 0 Å². The summed E-state index contributed by atoms with van der Waals surface area (Å²) >= 11 is 0. The van der Waals surface area contributed by atoms with Crippen LogP contribution in [0.5, 0.6) is 5.75 Å². The number of carbonyl (C=O) groups is 1. The molecule has 5 nitrogen and oxygen atoms in total. The number of aromatic nitrogens is 2. The highest BCUT2D eigenvalue weighted by Crippen LogP contribution is 2.28.